The highest BCUT2D eigenvalue weighted by atomic mass is 16.4. The van der Waals surface area contributed by atoms with Crippen LogP contribution < -0.4 is 0 Å². The molecule has 2 N–H and O–H groups in total. The Morgan fingerprint density at radius 1 is 1.57 bits per heavy atom. The molecule has 0 aromatic carbocycles. The number of rotatable bonds is 3. The topological polar surface area (TPSA) is 77.8 Å². The number of carboxylic acid groups (broad SMARTS) is 1. The van der Waals surface area contributed by atoms with Crippen molar-refractivity contribution >= 4 is 11.9 Å². The van der Waals surface area contributed by atoms with Gasteiger partial charge in [0.25, 0.3) is 0 Å². The third kappa shape index (κ3) is 2.04. The molecule has 0 aliphatic carbocycles. The average Bonchev–Trinajstić information content (AvgIpc) is 2.29. The Morgan fingerprint density at radius 3 is 2.43 bits per heavy atom. The van der Waals surface area contributed by atoms with E-state index in [1.807, 2.05) is 0 Å². The molecule has 80 valence electrons. The largest absolute Gasteiger partial charge is 0.480 e. The molecule has 0 spiro atoms. The molecule has 2 unspecified atom stereocenters. The van der Waals surface area contributed by atoms with E-state index in [9.17, 15) is 14.7 Å². The van der Waals surface area contributed by atoms with E-state index in [0.29, 0.717) is 0 Å². The van der Waals surface area contributed by atoms with Crippen molar-refractivity contribution in [3.8, 4) is 0 Å². The molecule has 1 amide bonds. The molecule has 0 radical (unpaired) electrons. The van der Waals surface area contributed by atoms with Crippen molar-refractivity contribution in [3.63, 3.8) is 0 Å². The summed E-state index contributed by atoms with van der Waals surface area (Å²) in [5.41, 5.74) is 0. The van der Waals surface area contributed by atoms with E-state index in [0.717, 1.165) is 0 Å². The van der Waals surface area contributed by atoms with Gasteiger partial charge in [0.05, 0.1) is 12.5 Å². The molecule has 1 aliphatic rings. The number of hydrogen-bond acceptors (Lipinski definition) is 3. The van der Waals surface area contributed by atoms with Gasteiger partial charge in [0.15, 0.2) is 0 Å². The Balaban J connectivity index is 2.79. The van der Waals surface area contributed by atoms with Crippen molar-refractivity contribution in [1.82, 2.24) is 4.90 Å². The molecule has 1 saturated heterocycles. The molecular formula is C9H15NO4. The number of amides is 1. The molecule has 0 bridgehead atoms. The van der Waals surface area contributed by atoms with Gasteiger partial charge in [-0.25, -0.2) is 4.79 Å². The number of aliphatic hydroxyl groups excluding tert-OH is 1. The fourth-order valence-corrected chi connectivity index (χ4v) is 1.76. The van der Waals surface area contributed by atoms with E-state index in [-0.39, 0.29) is 24.8 Å². The summed E-state index contributed by atoms with van der Waals surface area (Å²) in [6.07, 6.45) is -0.681. The van der Waals surface area contributed by atoms with Crippen molar-refractivity contribution in [1.29, 1.82) is 0 Å². The van der Waals surface area contributed by atoms with Gasteiger partial charge in [0.2, 0.25) is 5.91 Å². The van der Waals surface area contributed by atoms with Crippen molar-refractivity contribution in [2.75, 3.05) is 6.54 Å². The summed E-state index contributed by atoms with van der Waals surface area (Å²) >= 11 is 0. The van der Waals surface area contributed by atoms with E-state index in [2.05, 4.69) is 0 Å². The Hall–Kier alpha value is -1.10. The molecule has 14 heavy (non-hydrogen) atoms. The van der Waals surface area contributed by atoms with Crippen LogP contribution in [0.3, 0.4) is 0 Å². The van der Waals surface area contributed by atoms with Crippen LogP contribution in [0.5, 0.6) is 0 Å². The SMILES string of the molecule is CC(C)C(C(=O)O)N1CC(O)CC1=O. The van der Waals surface area contributed by atoms with E-state index >= 15 is 0 Å². The molecular weight excluding hydrogens is 186 g/mol. The highest BCUT2D eigenvalue weighted by molar-refractivity contribution is 5.85. The summed E-state index contributed by atoms with van der Waals surface area (Å²) in [6.45, 7) is 3.63. The minimum atomic E-state index is -1.01. The third-order valence-corrected chi connectivity index (χ3v) is 2.36. The fraction of sp³-hybridized carbons (Fsp3) is 0.778. The first kappa shape index (κ1) is 11.0. The standard InChI is InChI=1S/C9H15NO4/c1-5(2)8(9(13)14)10-4-6(11)3-7(10)12/h5-6,8,11H,3-4H2,1-2H3,(H,13,14). The summed E-state index contributed by atoms with van der Waals surface area (Å²) in [5, 5.41) is 18.2. The molecule has 0 aromatic heterocycles. The Labute approximate surface area is 82.3 Å². The minimum Gasteiger partial charge on any atom is -0.480 e. The Morgan fingerprint density at radius 2 is 2.14 bits per heavy atom. The number of nitrogens with zero attached hydrogens (tertiary/aromatic N) is 1. The second-order valence-electron chi connectivity index (χ2n) is 3.93. The molecule has 0 saturated carbocycles. The molecule has 5 nitrogen and oxygen atoms in total. The number of aliphatic hydroxyl groups is 1. The van der Waals surface area contributed by atoms with Crippen LogP contribution >= 0.6 is 0 Å². The first-order valence-corrected chi connectivity index (χ1v) is 4.63. The predicted molar refractivity (Wildman–Crippen MR) is 48.6 cm³/mol. The monoisotopic (exact) mass is 201 g/mol. The maximum absolute atomic E-state index is 11.3. The van der Waals surface area contributed by atoms with Crippen molar-refractivity contribution in [2.45, 2.75) is 32.4 Å². The van der Waals surface area contributed by atoms with Crippen LogP contribution in [0.1, 0.15) is 20.3 Å². The summed E-state index contributed by atoms with van der Waals surface area (Å²) in [7, 11) is 0. The van der Waals surface area contributed by atoms with E-state index in [1.54, 1.807) is 13.8 Å². The van der Waals surface area contributed by atoms with Crippen molar-refractivity contribution in [2.24, 2.45) is 5.92 Å². The van der Waals surface area contributed by atoms with Gasteiger partial charge in [0.1, 0.15) is 6.04 Å². The van der Waals surface area contributed by atoms with E-state index in [1.165, 1.54) is 4.90 Å². The number of carboxylic acids is 1. The van der Waals surface area contributed by atoms with Crippen LogP contribution in [0, 0.1) is 5.92 Å². The van der Waals surface area contributed by atoms with Gasteiger partial charge in [-0.3, -0.25) is 4.79 Å². The zero-order valence-corrected chi connectivity index (χ0v) is 8.30. The number of aliphatic carboxylic acids is 1. The van der Waals surface area contributed by atoms with Gasteiger partial charge in [-0.2, -0.15) is 0 Å². The van der Waals surface area contributed by atoms with Gasteiger partial charge in [-0.1, -0.05) is 13.8 Å². The molecule has 1 heterocycles. The van der Waals surface area contributed by atoms with Crippen LogP contribution in [0.4, 0.5) is 0 Å². The first-order chi connectivity index (χ1) is 6.43. The summed E-state index contributed by atoms with van der Waals surface area (Å²) in [5.74, 6) is -1.44. The maximum Gasteiger partial charge on any atom is 0.326 e. The molecule has 2 atom stereocenters. The second kappa shape index (κ2) is 3.96. The van der Waals surface area contributed by atoms with Crippen LogP contribution in [-0.4, -0.2) is 45.7 Å². The molecule has 5 heteroatoms. The van der Waals surface area contributed by atoms with Crippen LogP contribution in [0.15, 0.2) is 0 Å². The highest BCUT2D eigenvalue weighted by Gasteiger charge is 2.38. The zero-order chi connectivity index (χ0) is 10.9. The van der Waals surface area contributed by atoms with Crippen LogP contribution in [0.25, 0.3) is 0 Å². The molecule has 1 aliphatic heterocycles. The molecule has 1 rings (SSSR count). The van der Waals surface area contributed by atoms with Crippen molar-refractivity contribution < 1.29 is 19.8 Å². The average molecular weight is 201 g/mol. The normalized spacial score (nSPS) is 24.4. The lowest BCUT2D eigenvalue weighted by Gasteiger charge is -2.27. The van der Waals surface area contributed by atoms with E-state index in [4.69, 9.17) is 5.11 Å². The van der Waals surface area contributed by atoms with Gasteiger partial charge in [-0.15, -0.1) is 0 Å². The second-order valence-corrected chi connectivity index (χ2v) is 3.93. The highest BCUT2D eigenvalue weighted by Crippen LogP contribution is 2.19. The van der Waals surface area contributed by atoms with Gasteiger partial charge < -0.3 is 15.1 Å². The maximum atomic E-state index is 11.3. The number of likely N-dealkylation sites (tertiary alicyclic amines) is 1. The lowest BCUT2D eigenvalue weighted by molar-refractivity contribution is -0.150. The Bertz CT molecular complexity index is 251. The lowest BCUT2D eigenvalue weighted by Crippen LogP contribution is -2.45. The number of β-amino-alcohol motifs (C(OH)–C–C–N with tert-alkyl or cyclic N) is 1. The van der Waals surface area contributed by atoms with E-state index < -0.39 is 18.1 Å². The van der Waals surface area contributed by atoms with Crippen LogP contribution in [0.2, 0.25) is 0 Å². The summed E-state index contributed by atoms with van der Waals surface area (Å²) in [4.78, 5) is 23.5. The van der Waals surface area contributed by atoms with Crippen LogP contribution in [-0.2, 0) is 9.59 Å². The minimum absolute atomic E-state index is 0.0382. The third-order valence-electron chi connectivity index (χ3n) is 2.36. The quantitative estimate of drug-likeness (QED) is 0.656. The number of hydrogen-bond donors (Lipinski definition) is 2. The fourth-order valence-electron chi connectivity index (χ4n) is 1.76. The smallest absolute Gasteiger partial charge is 0.326 e. The zero-order valence-electron chi connectivity index (χ0n) is 8.30. The van der Waals surface area contributed by atoms with Gasteiger partial charge in [0, 0.05) is 6.54 Å². The predicted octanol–water partition coefficient (Wildman–Crippen LogP) is -0.311. The van der Waals surface area contributed by atoms with Crippen molar-refractivity contribution in [3.05, 3.63) is 0 Å². The summed E-state index contributed by atoms with van der Waals surface area (Å²) in [6, 6.07) is -0.820. The summed E-state index contributed by atoms with van der Waals surface area (Å²) < 4.78 is 0. The molecule has 0 aromatic rings. The Kier molecular flexibility index (Phi) is 3.10. The lowest BCUT2D eigenvalue weighted by atomic mass is 10.0. The number of carbonyl (C=O) groups excluding carboxylic acids is 1. The number of carbonyl (C=O) groups is 2. The molecule has 1 fully saturated rings. The van der Waals surface area contributed by atoms with Gasteiger partial charge in [-0.05, 0) is 5.92 Å². The first-order valence-electron chi connectivity index (χ1n) is 4.63. The van der Waals surface area contributed by atoms with Gasteiger partial charge >= 0.3 is 5.97 Å².